The van der Waals surface area contributed by atoms with E-state index < -0.39 is 6.09 Å². The van der Waals surface area contributed by atoms with Crippen molar-refractivity contribution in [2.45, 2.75) is 60.0 Å². The number of hydrogen-bond acceptors (Lipinski definition) is 7. The molecule has 0 bridgehead atoms. The van der Waals surface area contributed by atoms with Gasteiger partial charge in [0.2, 0.25) is 11.9 Å². The van der Waals surface area contributed by atoms with Crippen LogP contribution in [0.15, 0.2) is 36.7 Å². The van der Waals surface area contributed by atoms with Gasteiger partial charge in [-0.3, -0.25) is 0 Å². The van der Waals surface area contributed by atoms with Gasteiger partial charge in [-0.25, -0.2) is 19.7 Å². The number of anilines is 2. The number of amides is 1. The maximum Gasteiger partial charge on any atom is 0.417 e. The topological polar surface area (TPSA) is 89.5 Å². The van der Waals surface area contributed by atoms with E-state index in [0.717, 1.165) is 29.5 Å². The number of benzene rings is 2. The molecule has 1 aliphatic rings. The normalized spacial score (nSPS) is 15.2. The minimum atomic E-state index is -0.423. The molecule has 3 aromatic rings. The quantitative estimate of drug-likeness (QED) is 0.444. The Kier molecular flexibility index (Phi) is 8.62. The van der Waals surface area contributed by atoms with Crippen LogP contribution in [0.5, 0.6) is 5.75 Å². The van der Waals surface area contributed by atoms with E-state index in [1.54, 1.807) is 7.11 Å². The molecule has 2 heterocycles. The predicted molar refractivity (Wildman–Crippen MR) is 138 cm³/mol. The summed E-state index contributed by atoms with van der Waals surface area (Å²) in [6.07, 6.45) is 3.03. The molecule has 1 aliphatic heterocycles. The average molecular weight is 468 g/mol. The minimum absolute atomic E-state index is 0. The highest BCUT2D eigenvalue weighted by molar-refractivity contribution is 5.88. The Morgan fingerprint density at radius 1 is 1.21 bits per heavy atom. The fraction of sp³-hybridized carbons (Fsp3) is 0.462. The van der Waals surface area contributed by atoms with Gasteiger partial charge in [0.25, 0.3) is 0 Å². The molecule has 4 rings (SSSR count). The summed E-state index contributed by atoms with van der Waals surface area (Å²) in [6.45, 7) is 11.1. The summed E-state index contributed by atoms with van der Waals surface area (Å²) in [5.41, 5.74) is 2.32. The van der Waals surface area contributed by atoms with Crippen molar-refractivity contribution < 1.29 is 15.7 Å². The van der Waals surface area contributed by atoms with E-state index in [2.05, 4.69) is 57.5 Å². The maximum atomic E-state index is 12.2. The molecule has 1 atom stereocenters. The molecule has 8 nitrogen and oxygen atoms in total. The molecule has 0 saturated carbocycles. The molecule has 0 spiro atoms. The number of rotatable bonds is 8. The lowest BCUT2D eigenvalue weighted by atomic mass is 10.0. The molecular weight excluding hydrogens is 430 g/mol. The lowest BCUT2D eigenvalue weighted by Crippen LogP contribution is -2.38. The Labute approximate surface area is 203 Å². The summed E-state index contributed by atoms with van der Waals surface area (Å²) in [6, 6.07) is 10.5. The first-order valence-corrected chi connectivity index (χ1v) is 12.0. The van der Waals surface area contributed by atoms with Gasteiger partial charge < -0.3 is 14.8 Å². The Morgan fingerprint density at radius 3 is 2.71 bits per heavy atom. The number of nitrogens with one attached hydrogen (secondary N) is 1. The zero-order valence-corrected chi connectivity index (χ0v) is 21.0. The number of fused-ring (bicyclic) bond motifs is 1. The number of hydrogen-bond donors (Lipinski definition) is 1. The molecule has 0 radical (unpaired) electrons. The number of methoxy groups -OCH3 is 1. The molecular formula is C26H37N5O3. The van der Waals surface area contributed by atoms with Crippen molar-refractivity contribution in [3.8, 4) is 5.75 Å². The maximum absolute atomic E-state index is 12.2. The van der Waals surface area contributed by atoms with Gasteiger partial charge in [0.1, 0.15) is 18.7 Å². The molecule has 0 aliphatic carbocycles. The Bertz CT molecular complexity index is 1130. The number of aryl methyl sites for hydroxylation is 1. The molecule has 184 valence electrons. The third kappa shape index (κ3) is 5.55. The first kappa shape index (κ1) is 25.2. The third-order valence-corrected chi connectivity index (χ3v) is 5.72. The van der Waals surface area contributed by atoms with Crippen molar-refractivity contribution in [3.05, 3.63) is 47.8 Å². The van der Waals surface area contributed by atoms with E-state index in [-0.39, 0.29) is 13.4 Å². The van der Waals surface area contributed by atoms with Crippen molar-refractivity contribution in [2.24, 2.45) is 5.92 Å². The fourth-order valence-electron chi connectivity index (χ4n) is 3.96. The zero-order chi connectivity index (χ0) is 24.7. The molecule has 1 aromatic heterocycles. The predicted octanol–water partition coefficient (Wildman–Crippen LogP) is 5.85. The highest BCUT2D eigenvalue weighted by atomic mass is 16.6. The lowest BCUT2D eigenvalue weighted by Gasteiger charge is -2.22. The van der Waals surface area contributed by atoms with Crippen molar-refractivity contribution >= 4 is 28.8 Å². The van der Waals surface area contributed by atoms with Gasteiger partial charge in [0.05, 0.1) is 13.2 Å². The summed E-state index contributed by atoms with van der Waals surface area (Å²) in [5, 5.41) is 5.55. The first-order chi connectivity index (χ1) is 16.5. The van der Waals surface area contributed by atoms with Crippen LogP contribution >= 0.6 is 0 Å². The van der Waals surface area contributed by atoms with Crippen molar-refractivity contribution in [2.75, 3.05) is 23.9 Å². The number of carbonyl (C=O) groups excluding carboxylic acids is 1. The smallest absolute Gasteiger partial charge is 0.417 e. The number of nitrogens with zero attached hydrogens (tertiary/aromatic N) is 4. The largest absolute Gasteiger partial charge is 0.496 e. The molecule has 1 N–H and O–H groups in total. The molecule has 0 unspecified atom stereocenters. The van der Waals surface area contributed by atoms with Gasteiger partial charge in [-0.05, 0) is 52.4 Å². The summed E-state index contributed by atoms with van der Waals surface area (Å²) >= 11 is 0. The van der Waals surface area contributed by atoms with Crippen molar-refractivity contribution in [3.63, 3.8) is 0 Å². The molecule has 2 aromatic carbocycles. The van der Waals surface area contributed by atoms with Gasteiger partial charge in [-0.15, -0.1) is 0 Å². The van der Waals surface area contributed by atoms with Gasteiger partial charge in [-0.2, -0.15) is 4.98 Å². The van der Waals surface area contributed by atoms with Gasteiger partial charge in [0.15, 0.2) is 0 Å². The van der Waals surface area contributed by atoms with E-state index in [1.165, 1.54) is 22.2 Å². The van der Waals surface area contributed by atoms with Crippen LogP contribution in [0.3, 0.4) is 0 Å². The molecule has 1 saturated heterocycles. The SMILES string of the molecule is CC.CCCc1cc2cc(CNc3ncnc(N4C(=O)OC[C@@H]4C(C)C)n3)ccc2cc1OC.[HH]. The Balaban J connectivity index is 0.00000140. The Hall–Kier alpha value is -3.42. The summed E-state index contributed by atoms with van der Waals surface area (Å²) in [7, 11) is 1.72. The number of ether oxygens (including phenoxy) is 2. The minimum Gasteiger partial charge on any atom is -0.496 e. The standard InChI is InChI=1S/C24H29N5O3.C2H6.H2/c1-5-6-18-10-19-9-16(7-8-17(19)11-21(18)31-4)12-25-22-26-14-27-23(28-22)29-20(15(2)3)13-32-24(29)30;1-2;/h7-11,14-15,20H,5-6,12-13H2,1-4H3,(H,25,26,27,28);1-2H3;1H/t20-;;/m1../s1. The average Bonchev–Trinajstić information content (AvgIpc) is 3.25. The van der Waals surface area contributed by atoms with Crippen LogP contribution in [0.4, 0.5) is 16.7 Å². The second kappa shape index (κ2) is 11.6. The number of carbonyl (C=O) groups is 1. The lowest BCUT2D eigenvalue weighted by molar-refractivity contribution is 0.177. The van der Waals surface area contributed by atoms with Crippen LogP contribution in [0, 0.1) is 5.92 Å². The van der Waals surface area contributed by atoms with E-state index in [0.29, 0.717) is 25.0 Å². The van der Waals surface area contributed by atoms with Gasteiger partial charge in [0, 0.05) is 7.97 Å². The van der Waals surface area contributed by atoms with E-state index in [4.69, 9.17) is 9.47 Å². The van der Waals surface area contributed by atoms with E-state index >= 15 is 0 Å². The van der Waals surface area contributed by atoms with Crippen LogP contribution in [0.25, 0.3) is 10.8 Å². The summed E-state index contributed by atoms with van der Waals surface area (Å²) in [4.78, 5) is 26.6. The number of cyclic esters (lactones) is 1. The van der Waals surface area contributed by atoms with Crippen molar-refractivity contribution in [1.29, 1.82) is 0 Å². The van der Waals surface area contributed by atoms with Crippen LogP contribution in [0.1, 0.15) is 53.6 Å². The van der Waals surface area contributed by atoms with E-state index in [9.17, 15) is 4.79 Å². The summed E-state index contributed by atoms with van der Waals surface area (Å²) < 4.78 is 10.8. The molecule has 1 fully saturated rings. The monoisotopic (exact) mass is 467 g/mol. The highest BCUT2D eigenvalue weighted by Crippen LogP contribution is 2.28. The fourth-order valence-corrected chi connectivity index (χ4v) is 3.96. The van der Waals surface area contributed by atoms with Crippen LogP contribution in [-0.4, -0.2) is 40.8 Å². The number of aromatic nitrogens is 3. The first-order valence-electron chi connectivity index (χ1n) is 12.0. The third-order valence-electron chi connectivity index (χ3n) is 5.72. The van der Waals surface area contributed by atoms with Crippen molar-refractivity contribution in [1.82, 2.24) is 15.0 Å². The Morgan fingerprint density at radius 2 is 2.00 bits per heavy atom. The van der Waals surface area contributed by atoms with Gasteiger partial charge >= 0.3 is 6.09 Å². The molecule has 1 amide bonds. The second-order valence-corrected chi connectivity index (χ2v) is 8.32. The van der Waals surface area contributed by atoms with Crippen LogP contribution in [0.2, 0.25) is 0 Å². The van der Waals surface area contributed by atoms with Crippen LogP contribution in [-0.2, 0) is 17.7 Å². The van der Waals surface area contributed by atoms with Gasteiger partial charge in [-0.1, -0.05) is 53.2 Å². The second-order valence-electron chi connectivity index (χ2n) is 8.32. The highest BCUT2D eigenvalue weighted by Gasteiger charge is 2.38. The molecule has 34 heavy (non-hydrogen) atoms. The summed E-state index contributed by atoms with van der Waals surface area (Å²) in [5.74, 6) is 1.88. The molecule has 8 heteroatoms. The zero-order valence-electron chi connectivity index (χ0n) is 21.0. The van der Waals surface area contributed by atoms with E-state index in [1.807, 2.05) is 27.7 Å². The van der Waals surface area contributed by atoms with Crippen LogP contribution < -0.4 is 15.0 Å².